The van der Waals surface area contributed by atoms with Crippen LogP contribution >= 0.6 is 0 Å². The number of likely N-dealkylation sites (N-methyl/N-ethyl adjacent to an activating group) is 1. The highest BCUT2D eigenvalue weighted by Gasteiger charge is 2.33. The van der Waals surface area contributed by atoms with E-state index < -0.39 is 5.54 Å². The normalized spacial score (nSPS) is 22.9. The summed E-state index contributed by atoms with van der Waals surface area (Å²) in [7, 11) is 1.81. The Labute approximate surface area is 118 Å². The van der Waals surface area contributed by atoms with Crippen molar-refractivity contribution in [2.75, 3.05) is 20.1 Å². The highest BCUT2D eigenvalue weighted by molar-refractivity contribution is 5.84. The van der Waals surface area contributed by atoms with Crippen molar-refractivity contribution in [1.82, 2.24) is 10.2 Å². The Morgan fingerprint density at radius 1 is 1.47 bits per heavy atom. The summed E-state index contributed by atoms with van der Waals surface area (Å²) in [6.45, 7) is 8.68. The first-order valence-corrected chi connectivity index (χ1v) is 7.65. The molecule has 112 valence electrons. The highest BCUT2D eigenvalue weighted by atomic mass is 16.1. The molecule has 2 unspecified atom stereocenters. The molecule has 1 fully saturated rings. The Morgan fingerprint density at radius 2 is 2.05 bits per heavy atom. The van der Waals surface area contributed by atoms with Gasteiger partial charge in [-0.05, 0) is 59.2 Å². The Morgan fingerprint density at radius 3 is 2.47 bits per heavy atom. The highest BCUT2D eigenvalue weighted by Crippen LogP contribution is 2.25. The minimum atomic E-state index is -0.598. The molecule has 1 heterocycles. The van der Waals surface area contributed by atoms with Gasteiger partial charge in [-0.15, -0.1) is 0 Å². The first kappa shape index (κ1) is 16.4. The first-order valence-electron chi connectivity index (χ1n) is 7.65. The standard InChI is InChI=1S/C15H31N3O/c1-5-6-13-7-9-18(10-8-13)12(2)11-15(3,17-4)14(16)19/h12-13,17H,5-11H2,1-4H3,(H2,16,19). The molecule has 0 spiro atoms. The topological polar surface area (TPSA) is 58.4 Å². The van der Waals surface area contributed by atoms with Crippen molar-refractivity contribution in [3.63, 3.8) is 0 Å². The van der Waals surface area contributed by atoms with Crippen molar-refractivity contribution in [2.24, 2.45) is 11.7 Å². The Kier molecular flexibility index (Phi) is 6.27. The predicted octanol–water partition coefficient (Wildman–Crippen LogP) is 1.74. The second-order valence-corrected chi connectivity index (χ2v) is 6.27. The van der Waals surface area contributed by atoms with Crippen molar-refractivity contribution >= 4 is 5.91 Å². The van der Waals surface area contributed by atoms with E-state index in [0.29, 0.717) is 6.04 Å². The zero-order chi connectivity index (χ0) is 14.5. The lowest BCUT2D eigenvalue weighted by molar-refractivity contribution is -0.124. The van der Waals surface area contributed by atoms with E-state index in [2.05, 4.69) is 24.1 Å². The van der Waals surface area contributed by atoms with Crippen LogP contribution in [-0.2, 0) is 4.79 Å². The Balaban J connectivity index is 2.47. The van der Waals surface area contributed by atoms with Gasteiger partial charge in [-0.3, -0.25) is 4.79 Å². The van der Waals surface area contributed by atoms with E-state index in [0.717, 1.165) is 25.4 Å². The summed E-state index contributed by atoms with van der Waals surface area (Å²) in [5.74, 6) is 0.642. The fourth-order valence-electron chi connectivity index (χ4n) is 3.14. The van der Waals surface area contributed by atoms with Gasteiger partial charge in [-0.1, -0.05) is 19.8 Å². The number of nitrogens with two attached hydrogens (primary N) is 1. The number of nitrogens with zero attached hydrogens (tertiary/aromatic N) is 1. The lowest BCUT2D eigenvalue weighted by Crippen LogP contribution is -2.55. The van der Waals surface area contributed by atoms with E-state index in [-0.39, 0.29) is 5.91 Å². The van der Waals surface area contributed by atoms with Crippen LogP contribution in [0.5, 0.6) is 0 Å². The van der Waals surface area contributed by atoms with E-state index in [4.69, 9.17) is 5.73 Å². The van der Waals surface area contributed by atoms with E-state index in [1.807, 2.05) is 14.0 Å². The molecule has 0 radical (unpaired) electrons. The average molecular weight is 269 g/mol. The largest absolute Gasteiger partial charge is 0.368 e. The zero-order valence-corrected chi connectivity index (χ0v) is 13.0. The van der Waals surface area contributed by atoms with Crippen LogP contribution in [0.25, 0.3) is 0 Å². The molecule has 4 nitrogen and oxygen atoms in total. The van der Waals surface area contributed by atoms with E-state index in [9.17, 15) is 4.79 Å². The molecule has 0 aliphatic carbocycles. The van der Waals surface area contributed by atoms with Crippen LogP contribution in [0.4, 0.5) is 0 Å². The number of primary amides is 1. The third-order valence-electron chi connectivity index (χ3n) is 4.77. The van der Waals surface area contributed by atoms with Gasteiger partial charge in [0.15, 0.2) is 0 Å². The third-order valence-corrected chi connectivity index (χ3v) is 4.77. The number of likely N-dealkylation sites (tertiary alicyclic amines) is 1. The molecule has 0 aromatic heterocycles. The van der Waals surface area contributed by atoms with E-state index in [1.165, 1.54) is 25.7 Å². The molecule has 1 amide bonds. The van der Waals surface area contributed by atoms with Crippen LogP contribution in [0, 0.1) is 5.92 Å². The lowest BCUT2D eigenvalue weighted by Gasteiger charge is -2.39. The maximum Gasteiger partial charge on any atom is 0.237 e. The molecule has 1 aliphatic rings. The summed E-state index contributed by atoms with van der Waals surface area (Å²) < 4.78 is 0. The number of carbonyl (C=O) groups excluding carboxylic acids is 1. The second-order valence-electron chi connectivity index (χ2n) is 6.27. The zero-order valence-electron chi connectivity index (χ0n) is 13.0. The molecule has 1 aliphatic heterocycles. The number of hydrogen-bond donors (Lipinski definition) is 2. The van der Waals surface area contributed by atoms with Crippen molar-refractivity contribution in [2.45, 2.75) is 64.5 Å². The summed E-state index contributed by atoms with van der Waals surface area (Å²) in [5.41, 5.74) is 4.90. The maximum absolute atomic E-state index is 11.5. The van der Waals surface area contributed by atoms with Gasteiger partial charge < -0.3 is 16.0 Å². The summed E-state index contributed by atoms with van der Waals surface area (Å²) in [6.07, 6.45) is 6.02. The van der Waals surface area contributed by atoms with Crippen LogP contribution < -0.4 is 11.1 Å². The van der Waals surface area contributed by atoms with Crippen molar-refractivity contribution in [3.8, 4) is 0 Å². The molecular weight excluding hydrogens is 238 g/mol. The molecule has 1 rings (SSSR count). The first-order chi connectivity index (χ1) is 8.92. The van der Waals surface area contributed by atoms with Gasteiger partial charge in [0, 0.05) is 6.04 Å². The van der Waals surface area contributed by atoms with Crippen molar-refractivity contribution in [1.29, 1.82) is 0 Å². The minimum Gasteiger partial charge on any atom is -0.368 e. The summed E-state index contributed by atoms with van der Waals surface area (Å²) in [5, 5.41) is 3.08. The summed E-state index contributed by atoms with van der Waals surface area (Å²) in [4.78, 5) is 14.1. The quantitative estimate of drug-likeness (QED) is 0.740. The fraction of sp³-hybridized carbons (Fsp3) is 0.933. The predicted molar refractivity (Wildman–Crippen MR) is 79.9 cm³/mol. The number of rotatable bonds is 7. The second kappa shape index (κ2) is 7.25. The van der Waals surface area contributed by atoms with Gasteiger partial charge in [0.1, 0.15) is 0 Å². The maximum atomic E-state index is 11.5. The van der Waals surface area contributed by atoms with E-state index in [1.54, 1.807) is 0 Å². The number of amides is 1. The Bertz CT molecular complexity index is 287. The molecular formula is C15H31N3O. The molecule has 1 saturated heterocycles. The van der Waals surface area contributed by atoms with Crippen LogP contribution in [0.1, 0.15) is 52.9 Å². The van der Waals surface area contributed by atoms with Crippen LogP contribution in [0.3, 0.4) is 0 Å². The lowest BCUT2D eigenvalue weighted by atomic mass is 9.88. The number of piperidine rings is 1. The SMILES string of the molecule is CCCC1CCN(C(C)CC(C)(NC)C(N)=O)CC1. The molecule has 2 atom stereocenters. The molecule has 0 bridgehead atoms. The van der Waals surface area contributed by atoms with Gasteiger partial charge in [-0.25, -0.2) is 0 Å². The number of nitrogens with one attached hydrogen (secondary N) is 1. The van der Waals surface area contributed by atoms with Gasteiger partial charge in [0.05, 0.1) is 5.54 Å². The van der Waals surface area contributed by atoms with Crippen LogP contribution in [0.15, 0.2) is 0 Å². The fourth-order valence-corrected chi connectivity index (χ4v) is 3.14. The molecule has 0 saturated carbocycles. The number of carbonyl (C=O) groups is 1. The van der Waals surface area contributed by atoms with Crippen molar-refractivity contribution in [3.05, 3.63) is 0 Å². The van der Waals surface area contributed by atoms with Gasteiger partial charge in [0.25, 0.3) is 0 Å². The van der Waals surface area contributed by atoms with E-state index >= 15 is 0 Å². The van der Waals surface area contributed by atoms with Crippen LogP contribution in [0.2, 0.25) is 0 Å². The molecule has 0 aromatic carbocycles. The minimum absolute atomic E-state index is 0.261. The smallest absolute Gasteiger partial charge is 0.237 e. The molecule has 19 heavy (non-hydrogen) atoms. The average Bonchev–Trinajstić information content (AvgIpc) is 2.39. The summed E-state index contributed by atoms with van der Waals surface area (Å²) in [6, 6.07) is 0.396. The molecule has 3 N–H and O–H groups in total. The monoisotopic (exact) mass is 269 g/mol. The molecule has 0 aromatic rings. The van der Waals surface area contributed by atoms with Crippen LogP contribution in [-0.4, -0.2) is 42.5 Å². The Hall–Kier alpha value is -0.610. The van der Waals surface area contributed by atoms with Crippen molar-refractivity contribution < 1.29 is 4.79 Å². The van der Waals surface area contributed by atoms with Gasteiger partial charge in [-0.2, -0.15) is 0 Å². The van der Waals surface area contributed by atoms with Gasteiger partial charge >= 0.3 is 0 Å². The van der Waals surface area contributed by atoms with Gasteiger partial charge in [0.2, 0.25) is 5.91 Å². The molecule has 4 heteroatoms. The summed E-state index contributed by atoms with van der Waals surface area (Å²) >= 11 is 0. The number of hydrogen-bond acceptors (Lipinski definition) is 3. The third kappa shape index (κ3) is 4.46.